The van der Waals surface area contributed by atoms with E-state index in [2.05, 4.69) is 0 Å². The smallest absolute Gasteiger partial charge is 0.393 e. The third kappa shape index (κ3) is 3.52. The summed E-state index contributed by atoms with van der Waals surface area (Å²) in [6.07, 6.45) is -0.792. The monoisotopic (exact) mass is 327 g/mol. The number of carbonyl (C=O) groups is 1. The lowest BCUT2D eigenvalue weighted by molar-refractivity contribution is -0.188. The molecule has 1 N–H and O–H groups in total. The van der Waals surface area contributed by atoms with Crippen LogP contribution in [0.3, 0.4) is 0 Å². The molecule has 1 heterocycles. The number of halogens is 3. The SMILES string of the molecule is O=C(O)[C@@H]1CN(Cc2ccc(C3CCC3)cc2)C[C@H]1C(F)(F)F. The van der Waals surface area contributed by atoms with Crippen LogP contribution in [-0.4, -0.2) is 35.2 Å². The zero-order valence-electron chi connectivity index (χ0n) is 12.7. The summed E-state index contributed by atoms with van der Waals surface area (Å²) in [6, 6.07) is 7.99. The summed E-state index contributed by atoms with van der Waals surface area (Å²) in [7, 11) is 0. The van der Waals surface area contributed by atoms with Gasteiger partial charge in [-0.2, -0.15) is 13.2 Å². The van der Waals surface area contributed by atoms with E-state index in [1.54, 1.807) is 4.90 Å². The fourth-order valence-corrected chi connectivity index (χ4v) is 3.49. The third-order valence-corrected chi connectivity index (χ3v) is 5.10. The maximum Gasteiger partial charge on any atom is 0.393 e. The highest BCUT2D eigenvalue weighted by atomic mass is 19.4. The minimum atomic E-state index is -4.47. The molecule has 1 saturated carbocycles. The van der Waals surface area contributed by atoms with Gasteiger partial charge in [0.15, 0.2) is 0 Å². The first-order chi connectivity index (χ1) is 10.8. The highest BCUT2D eigenvalue weighted by Crippen LogP contribution is 2.39. The van der Waals surface area contributed by atoms with Gasteiger partial charge in [-0.05, 0) is 29.9 Å². The van der Waals surface area contributed by atoms with Gasteiger partial charge in [-0.15, -0.1) is 0 Å². The normalized spacial score (nSPS) is 26.2. The van der Waals surface area contributed by atoms with Gasteiger partial charge < -0.3 is 5.11 Å². The Morgan fingerprint density at radius 2 is 1.83 bits per heavy atom. The summed E-state index contributed by atoms with van der Waals surface area (Å²) < 4.78 is 38.9. The number of alkyl halides is 3. The second kappa shape index (κ2) is 6.15. The van der Waals surface area contributed by atoms with Gasteiger partial charge in [0.25, 0.3) is 0 Å². The van der Waals surface area contributed by atoms with Crippen molar-refractivity contribution in [3.8, 4) is 0 Å². The molecule has 1 saturated heterocycles. The van der Waals surface area contributed by atoms with Gasteiger partial charge in [-0.1, -0.05) is 30.7 Å². The minimum Gasteiger partial charge on any atom is -0.481 e. The van der Waals surface area contributed by atoms with Crippen LogP contribution in [0.4, 0.5) is 13.2 Å². The maximum atomic E-state index is 13.0. The topological polar surface area (TPSA) is 40.5 Å². The van der Waals surface area contributed by atoms with Crippen molar-refractivity contribution in [2.45, 2.75) is 37.9 Å². The molecule has 1 aromatic carbocycles. The van der Waals surface area contributed by atoms with Gasteiger partial charge in [0.05, 0.1) is 11.8 Å². The average Bonchev–Trinajstić information content (AvgIpc) is 2.83. The lowest BCUT2D eigenvalue weighted by atomic mass is 9.80. The summed E-state index contributed by atoms with van der Waals surface area (Å²) >= 11 is 0. The number of benzene rings is 1. The van der Waals surface area contributed by atoms with Crippen LogP contribution in [0.25, 0.3) is 0 Å². The summed E-state index contributed by atoms with van der Waals surface area (Å²) in [5.74, 6) is -3.89. The van der Waals surface area contributed by atoms with Crippen LogP contribution >= 0.6 is 0 Å². The number of aliphatic carboxylic acids is 1. The predicted octanol–water partition coefficient (Wildman–Crippen LogP) is 3.65. The number of carboxylic acids is 1. The zero-order chi connectivity index (χ0) is 16.6. The lowest BCUT2D eigenvalue weighted by Crippen LogP contribution is -2.33. The lowest BCUT2D eigenvalue weighted by Gasteiger charge is -2.26. The number of likely N-dealkylation sites (tertiary alicyclic amines) is 1. The molecule has 6 heteroatoms. The molecule has 2 atom stereocenters. The second-order valence-electron chi connectivity index (χ2n) is 6.66. The number of hydrogen-bond acceptors (Lipinski definition) is 2. The van der Waals surface area contributed by atoms with Crippen molar-refractivity contribution < 1.29 is 23.1 Å². The Kier molecular flexibility index (Phi) is 4.36. The second-order valence-corrected chi connectivity index (χ2v) is 6.66. The molecule has 2 fully saturated rings. The minimum absolute atomic E-state index is 0.0517. The molecule has 1 aliphatic heterocycles. The van der Waals surface area contributed by atoms with Gasteiger partial charge in [0, 0.05) is 19.6 Å². The molecule has 2 aliphatic rings. The molecular weight excluding hydrogens is 307 g/mol. The van der Waals surface area contributed by atoms with E-state index < -0.39 is 24.0 Å². The van der Waals surface area contributed by atoms with Gasteiger partial charge in [-0.25, -0.2) is 0 Å². The van der Waals surface area contributed by atoms with Crippen molar-refractivity contribution in [1.29, 1.82) is 0 Å². The fourth-order valence-electron chi connectivity index (χ4n) is 3.49. The van der Waals surface area contributed by atoms with Crippen LogP contribution < -0.4 is 0 Å². The van der Waals surface area contributed by atoms with E-state index in [1.807, 2.05) is 24.3 Å². The summed E-state index contributed by atoms with van der Waals surface area (Å²) in [6.45, 7) is 0.0655. The molecule has 0 aromatic heterocycles. The molecule has 1 aromatic rings. The van der Waals surface area contributed by atoms with E-state index in [4.69, 9.17) is 5.11 Å². The number of rotatable bonds is 4. The van der Waals surface area contributed by atoms with Gasteiger partial charge in [-0.3, -0.25) is 9.69 Å². The molecule has 0 spiro atoms. The highest BCUT2D eigenvalue weighted by molar-refractivity contribution is 5.71. The van der Waals surface area contributed by atoms with Crippen molar-refractivity contribution in [3.05, 3.63) is 35.4 Å². The average molecular weight is 327 g/mol. The van der Waals surface area contributed by atoms with Gasteiger partial charge in [0.2, 0.25) is 0 Å². The van der Waals surface area contributed by atoms with E-state index in [0.717, 1.165) is 5.56 Å². The van der Waals surface area contributed by atoms with Crippen molar-refractivity contribution >= 4 is 5.97 Å². The van der Waals surface area contributed by atoms with E-state index in [-0.39, 0.29) is 13.1 Å². The quantitative estimate of drug-likeness (QED) is 0.918. The molecule has 23 heavy (non-hydrogen) atoms. The summed E-state index contributed by atoms with van der Waals surface area (Å²) in [4.78, 5) is 12.7. The van der Waals surface area contributed by atoms with Crippen LogP contribution in [0.15, 0.2) is 24.3 Å². The molecule has 3 rings (SSSR count). The predicted molar refractivity (Wildman–Crippen MR) is 79.0 cm³/mol. The Hall–Kier alpha value is -1.56. The molecule has 0 bridgehead atoms. The molecule has 0 radical (unpaired) electrons. The number of nitrogens with zero attached hydrogens (tertiary/aromatic N) is 1. The molecule has 0 unspecified atom stereocenters. The van der Waals surface area contributed by atoms with Crippen molar-refractivity contribution in [2.24, 2.45) is 11.8 Å². The fraction of sp³-hybridized carbons (Fsp3) is 0.588. The highest BCUT2D eigenvalue weighted by Gasteiger charge is 2.52. The van der Waals surface area contributed by atoms with Crippen molar-refractivity contribution in [3.63, 3.8) is 0 Å². The Labute approximate surface area is 133 Å². The largest absolute Gasteiger partial charge is 0.481 e. The zero-order valence-corrected chi connectivity index (χ0v) is 12.7. The first-order valence-electron chi connectivity index (χ1n) is 7.95. The van der Waals surface area contributed by atoms with Crippen LogP contribution in [-0.2, 0) is 11.3 Å². The Morgan fingerprint density at radius 1 is 1.17 bits per heavy atom. The molecule has 3 nitrogen and oxygen atoms in total. The Bertz CT molecular complexity index is 566. The van der Waals surface area contributed by atoms with E-state index in [0.29, 0.717) is 12.5 Å². The van der Waals surface area contributed by atoms with Crippen molar-refractivity contribution in [2.75, 3.05) is 13.1 Å². The summed E-state index contributed by atoms with van der Waals surface area (Å²) in [5, 5.41) is 9.04. The van der Waals surface area contributed by atoms with Crippen LogP contribution in [0, 0.1) is 11.8 Å². The van der Waals surface area contributed by atoms with Crippen molar-refractivity contribution in [1.82, 2.24) is 4.90 Å². The Morgan fingerprint density at radius 3 is 2.26 bits per heavy atom. The van der Waals surface area contributed by atoms with E-state index in [1.165, 1.54) is 24.8 Å². The number of hydrogen-bond donors (Lipinski definition) is 1. The molecule has 126 valence electrons. The molecule has 1 aliphatic carbocycles. The van der Waals surface area contributed by atoms with E-state index >= 15 is 0 Å². The van der Waals surface area contributed by atoms with Gasteiger partial charge >= 0.3 is 12.1 Å². The third-order valence-electron chi connectivity index (χ3n) is 5.10. The van der Waals surface area contributed by atoms with Crippen LogP contribution in [0.5, 0.6) is 0 Å². The molecule has 0 amide bonds. The summed E-state index contributed by atoms with van der Waals surface area (Å²) in [5.41, 5.74) is 2.22. The van der Waals surface area contributed by atoms with Gasteiger partial charge in [0.1, 0.15) is 0 Å². The standard InChI is InChI=1S/C17H20F3NO2/c18-17(19,20)15-10-21(9-14(15)16(22)23)8-11-4-6-13(7-5-11)12-2-1-3-12/h4-7,12,14-15H,1-3,8-10H2,(H,22,23)/t14-,15-/m1/s1. The molecular formula is C17H20F3NO2. The maximum absolute atomic E-state index is 13.0. The van der Waals surface area contributed by atoms with Crippen LogP contribution in [0.2, 0.25) is 0 Å². The first-order valence-corrected chi connectivity index (χ1v) is 7.95. The van der Waals surface area contributed by atoms with E-state index in [9.17, 15) is 18.0 Å². The Balaban J connectivity index is 1.65. The number of carboxylic acid groups (broad SMARTS) is 1. The first kappa shape index (κ1) is 16.3. The van der Waals surface area contributed by atoms with Crippen LogP contribution in [0.1, 0.15) is 36.3 Å².